The van der Waals surface area contributed by atoms with Crippen LogP contribution in [0.15, 0.2) is 30.5 Å². The third-order valence-electron chi connectivity index (χ3n) is 2.95. The molecular weight excluding hydrogens is 210 g/mol. The van der Waals surface area contributed by atoms with Gasteiger partial charge < -0.3 is 5.73 Å². The zero-order chi connectivity index (χ0) is 12.4. The average molecular weight is 229 g/mol. The summed E-state index contributed by atoms with van der Waals surface area (Å²) in [7, 11) is 0. The summed E-state index contributed by atoms with van der Waals surface area (Å²) >= 11 is 0. The Bertz CT molecular complexity index is 495. The van der Waals surface area contributed by atoms with Gasteiger partial charge in [0.25, 0.3) is 0 Å². The van der Waals surface area contributed by atoms with Crippen LogP contribution in [-0.4, -0.2) is 9.78 Å². The van der Waals surface area contributed by atoms with Crippen molar-refractivity contribution in [1.82, 2.24) is 9.78 Å². The maximum Gasteiger partial charge on any atom is 0.0672 e. The molecule has 0 amide bonds. The van der Waals surface area contributed by atoms with Crippen LogP contribution in [0.3, 0.4) is 0 Å². The average Bonchev–Trinajstić information content (AvgIpc) is 2.72. The minimum absolute atomic E-state index is 0.394. The van der Waals surface area contributed by atoms with Crippen LogP contribution < -0.4 is 5.73 Å². The second-order valence-electron chi connectivity index (χ2n) is 4.60. The maximum atomic E-state index is 5.60. The molecule has 3 heteroatoms. The van der Waals surface area contributed by atoms with Crippen LogP contribution in [0.1, 0.15) is 31.1 Å². The first kappa shape index (κ1) is 11.9. The van der Waals surface area contributed by atoms with Crippen LogP contribution in [0.25, 0.3) is 11.1 Å². The Kier molecular flexibility index (Phi) is 3.29. The van der Waals surface area contributed by atoms with Crippen molar-refractivity contribution in [2.75, 3.05) is 0 Å². The quantitative estimate of drug-likeness (QED) is 0.879. The molecule has 0 atom stereocenters. The fourth-order valence-corrected chi connectivity index (χ4v) is 1.85. The summed E-state index contributed by atoms with van der Waals surface area (Å²) in [6, 6.07) is 8.75. The van der Waals surface area contributed by atoms with E-state index in [1.165, 1.54) is 11.1 Å². The van der Waals surface area contributed by atoms with Crippen LogP contribution in [0, 0.1) is 6.92 Å². The molecule has 0 aliphatic carbocycles. The van der Waals surface area contributed by atoms with Crippen LogP contribution in [-0.2, 0) is 6.54 Å². The minimum Gasteiger partial charge on any atom is -0.326 e. The zero-order valence-electron chi connectivity index (χ0n) is 10.6. The molecule has 0 saturated carbocycles. The number of hydrogen-bond acceptors (Lipinski definition) is 2. The number of nitrogens with two attached hydrogens (primary N) is 1. The van der Waals surface area contributed by atoms with Crippen molar-refractivity contribution in [1.29, 1.82) is 0 Å². The summed E-state index contributed by atoms with van der Waals surface area (Å²) in [5, 5.41) is 4.52. The minimum atomic E-state index is 0.394. The molecule has 0 fully saturated rings. The van der Waals surface area contributed by atoms with Crippen molar-refractivity contribution in [3.8, 4) is 11.1 Å². The summed E-state index contributed by atoms with van der Waals surface area (Å²) < 4.78 is 2.00. The monoisotopic (exact) mass is 229 g/mol. The van der Waals surface area contributed by atoms with E-state index in [0.29, 0.717) is 12.6 Å². The van der Waals surface area contributed by atoms with Gasteiger partial charge in [0.1, 0.15) is 0 Å². The lowest BCUT2D eigenvalue weighted by molar-refractivity contribution is 0.529. The number of nitrogens with zero attached hydrogens (tertiary/aromatic N) is 2. The number of rotatable bonds is 3. The second-order valence-corrected chi connectivity index (χ2v) is 4.60. The molecule has 0 aliphatic heterocycles. The van der Waals surface area contributed by atoms with Gasteiger partial charge in [-0.1, -0.05) is 24.3 Å². The van der Waals surface area contributed by atoms with Crippen LogP contribution in [0.2, 0.25) is 0 Å². The Balaban J connectivity index is 2.38. The number of aryl methyl sites for hydroxylation is 1. The van der Waals surface area contributed by atoms with E-state index in [2.05, 4.69) is 49.4 Å². The highest BCUT2D eigenvalue weighted by Crippen LogP contribution is 2.24. The molecule has 0 aliphatic rings. The lowest BCUT2D eigenvalue weighted by Crippen LogP contribution is -2.00. The first-order chi connectivity index (χ1) is 8.11. The van der Waals surface area contributed by atoms with Crippen LogP contribution in [0.5, 0.6) is 0 Å². The number of hydrogen-bond donors (Lipinski definition) is 1. The van der Waals surface area contributed by atoms with Gasteiger partial charge in [-0.2, -0.15) is 5.10 Å². The third-order valence-corrected chi connectivity index (χ3v) is 2.95. The van der Waals surface area contributed by atoms with Gasteiger partial charge in [-0.15, -0.1) is 0 Å². The Hall–Kier alpha value is -1.61. The fourth-order valence-electron chi connectivity index (χ4n) is 1.85. The van der Waals surface area contributed by atoms with Crippen LogP contribution >= 0.6 is 0 Å². The molecule has 90 valence electrons. The fraction of sp³-hybridized carbons (Fsp3) is 0.357. The molecule has 0 bridgehead atoms. The molecule has 1 aromatic heterocycles. The molecule has 0 saturated heterocycles. The number of benzene rings is 1. The SMILES string of the molecule is Cc1nn(C(C)C)cc1-c1ccc(CN)cc1. The first-order valence-electron chi connectivity index (χ1n) is 5.97. The summed E-state index contributed by atoms with van der Waals surface area (Å²) in [5.41, 5.74) is 10.2. The Morgan fingerprint density at radius 1 is 1.24 bits per heavy atom. The summed E-state index contributed by atoms with van der Waals surface area (Å²) in [6.07, 6.45) is 2.11. The topological polar surface area (TPSA) is 43.8 Å². The van der Waals surface area contributed by atoms with Crippen molar-refractivity contribution in [2.45, 2.75) is 33.4 Å². The molecular formula is C14H19N3. The van der Waals surface area contributed by atoms with E-state index >= 15 is 0 Å². The molecule has 2 N–H and O–H groups in total. The van der Waals surface area contributed by atoms with Gasteiger partial charge in [0.05, 0.1) is 5.69 Å². The predicted octanol–water partition coefficient (Wildman–Crippen LogP) is 2.90. The number of aromatic nitrogens is 2. The van der Waals surface area contributed by atoms with E-state index in [1.54, 1.807) is 0 Å². The highest BCUT2D eigenvalue weighted by molar-refractivity contribution is 5.65. The summed E-state index contributed by atoms with van der Waals surface area (Å²) in [5.74, 6) is 0. The van der Waals surface area contributed by atoms with Crippen molar-refractivity contribution in [3.63, 3.8) is 0 Å². The Labute approximate surface area is 102 Å². The van der Waals surface area contributed by atoms with E-state index < -0.39 is 0 Å². The van der Waals surface area contributed by atoms with Gasteiger partial charge in [-0.25, -0.2) is 0 Å². The molecule has 17 heavy (non-hydrogen) atoms. The van der Waals surface area contributed by atoms with Gasteiger partial charge in [0.2, 0.25) is 0 Å². The zero-order valence-corrected chi connectivity index (χ0v) is 10.6. The van der Waals surface area contributed by atoms with Crippen LogP contribution in [0.4, 0.5) is 0 Å². The van der Waals surface area contributed by atoms with E-state index in [1.807, 2.05) is 11.6 Å². The van der Waals surface area contributed by atoms with Gasteiger partial charge in [-0.3, -0.25) is 4.68 Å². The van der Waals surface area contributed by atoms with Crippen molar-refractivity contribution in [3.05, 3.63) is 41.7 Å². The smallest absolute Gasteiger partial charge is 0.0672 e. The lowest BCUT2D eigenvalue weighted by atomic mass is 10.1. The predicted molar refractivity (Wildman–Crippen MR) is 70.7 cm³/mol. The lowest BCUT2D eigenvalue weighted by Gasteiger charge is -2.03. The van der Waals surface area contributed by atoms with Gasteiger partial charge in [0, 0.05) is 24.3 Å². The Morgan fingerprint density at radius 2 is 1.88 bits per heavy atom. The highest BCUT2D eigenvalue weighted by Gasteiger charge is 2.08. The van der Waals surface area contributed by atoms with Crippen molar-refractivity contribution < 1.29 is 0 Å². The Morgan fingerprint density at radius 3 is 2.35 bits per heavy atom. The summed E-state index contributed by atoms with van der Waals surface area (Å²) in [4.78, 5) is 0. The van der Waals surface area contributed by atoms with E-state index in [-0.39, 0.29) is 0 Å². The second kappa shape index (κ2) is 4.72. The van der Waals surface area contributed by atoms with Crippen molar-refractivity contribution in [2.24, 2.45) is 5.73 Å². The molecule has 2 aromatic rings. The maximum absolute atomic E-state index is 5.60. The van der Waals surface area contributed by atoms with E-state index in [4.69, 9.17) is 5.73 Å². The largest absolute Gasteiger partial charge is 0.326 e. The molecule has 1 heterocycles. The normalized spacial score (nSPS) is 11.1. The molecule has 0 spiro atoms. The third kappa shape index (κ3) is 2.39. The van der Waals surface area contributed by atoms with E-state index in [0.717, 1.165) is 11.3 Å². The van der Waals surface area contributed by atoms with Gasteiger partial charge in [-0.05, 0) is 31.9 Å². The van der Waals surface area contributed by atoms with E-state index in [9.17, 15) is 0 Å². The highest BCUT2D eigenvalue weighted by atomic mass is 15.3. The summed E-state index contributed by atoms with van der Waals surface area (Å²) in [6.45, 7) is 6.90. The van der Waals surface area contributed by atoms with Crippen molar-refractivity contribution >= 4 is 0 Å². The molecule has 1 aromatic carbocycles. The first-order valence-corrected chi connectivity index (χ1v) is 5.97. The van der Waals surface area contributed by atoms with Gasteiger partial charge in [0.15, 0.2) is 0 Å². The molecule has 0 radical (unpaired) electrons. The molecule has 2 rings (SSSR count). The standard InChI is InChI=1S/C14H19N3/c1-10(2)17-9-14(11(3)16-17)13-6-4-12(8-15)5-7-13/h4-7,9-10H,8,15H2,1-3H3. The molecule has 0 unspecified atom stereocenters. The molecule has 3 nitrogen and oxygen atoms in total. The van der Waals surface area contributed by atoms with Gasteiger partial charge >= 0.3 is 0 Å².